The van der Waals surface area contributed by atoms with Crippen LogP contribution in [0.4, 0.5) is 34.1 Å². The number of benzene rings is 17. The quantitative estimate of drug-likeness (QED) is 0.104. The van der Waals surface area contributed by atoms with Crippen molar-refractivity contribution in [3.8, 4) is 135 Å². The first-order valence-corrected chi connectivity index (χ1v) is 40.6. The van der Waals surface area contributed by atoms with Crippen molar-refractivity contribution >= 4 is 45.2 Å². The highest BCUT2D eigenvalue weighted by Crippen LogP contribution is 2.66. The van der Waals surface area contributed by atoms with Gasteiger partial charge in [-0.15, -0.1) is 20.4 Å². The maximum atomic E-state index is 6.26. The number of nitrogens with zero attached hydrogens (tertiary/aromatic N) is 8. The predicted octanol–water partition coefficient (Wildman–Crippen LogP) is 27.4. The molecular weight excluding hydrogens is 1470 g/mol. The normalized spacial score (nSPS) is 13.0. The monoisotopic (exact) mass is 1530 g/mol. The fourth-order valence-corrected chi connectivity index (χ4v) is 19.7. The van der Waals surface area contributed by atoms with Crippen LogP contribution in [0, 0.1) is 0 Å². The molecule has 0 radical (unpaired) electrons. The van der Waals surface area contributed by atoms with Crippen LogP contribution in [0.25, 0.3) is 146 Å². The summed E-state index contributed by atoms with van der Waals surface area (Å²) < 4.78 is 12.5. The SMILES string of the molecule is c1ccc(-c2nnc(-c3ccc(N(c4ccccc4)c4ccc(-c5nc6cc(-c7ccc8c(c7)C7(c9ccccc9-c9ccccc97)c7ccccc7-8)c(-c7ccc8c(c7)C7(c9ccccc9-c9ccccc97)c7ccccc7-8)cc6nc5-c5ccc(N(c6ccccc6)c6ccc(-c7nnc(-c8ccccc8)o7)cc6)cc5)cc4)cc3)o2)cc1. The number of para-hydroxylation sites is 2. The largest absolute Gasteiger partial charge is 0.416 e. The highest BCUT2D eigenvalue weighted by molar-refractivity contribution is 6.02. The van der Waals surface area contributed by atoms with Gasteiger partial charge in [0, 0.05) is 67.5 Å². The van der Waals surface area contributed by atoms with Crippen LogP contribution in [0.1, 0.15) is 44.5 Å². The first-order valence-electron chi connectivity index (χ1n) is 40.6. The predicted molar refractivity (Wildman–Crippen MR) is 481 cm³/mol. The molecule has 0 N–H and O–H groups in total. The van der Waals surface area contributed by atoms with Crippen molar-refractivity contribution in [3.63, 3.8) is 0 Å². The van der Waals surface area contributed by atoms with E-state index < -0.39 is 10.8 Å². The minimum Gasteiger partial charge on any atom is -0.416 e. The summed E-state index contributed by atoms with van der Waals surface area (Å²) in [6.45, 7) is 0. The van der Waals surface area contributed by atoms with Crippen LogP contribution in [-0.4, -0.2) is 30.4 Å². The van der Waals surface area contributed by atoms with Crippen LogP contribution in [0.15, 0.2) is 421 Å². The maximum Gasteiger partial charge on any atom is 0.248 e. The molecule has 10 nitrogen and oxygen atoms in total. The van der Waals surface area contributed by atoms with Crippen LogP contribution in [-0.2, 0) is 10.8 Å². The van der Waals surface area contributed by atoms with Crippen LogP contribution >= 0.6 is 0 Å². The van der Waals surface area contributed by atoms with Crippen molar-refractivity contribution in [1.82, 2.24) is 30.4 Å². The smallest absolute Gasteiger partial charge is 0.248 e. The van der Waals surface area contributed by atoms with Gasteiger partial charge in [0.15, 0.2) is 0 Å². The summed E-state index contributed by atoms with van der Waals surface area (Å²) in [5, 5.41) is 17.8. The molecule has 4 aliphatic carbocycles. The molecule has 0 aliphatic heterocycles. The zero-order valence-electron chi connectivity index (χ0n) is 64.7. The maximum absolute atomic E-state index is 6.26. The molecule has 0 amide bonds. The Hall–Kier alpha value is -16.0. The lowest BCUT2D eigenvalue weighted by Gasteiger charge is -2.31. The first kappa shape index (κ1) is 68.4. The third-order valence-electron chi connectivity index (χ3n) is 24.9. The Bertz CT molecular complexity index is 6880. The molecule has 0 atom stereocenters. The van der Waals surface area contributed by atoms with E-state index in [0.29, 0.717) is 23.6 Å². The van der Waals surface area contributed by atoms with E-state index in [9.17, 15) is 0 Å². The average Bonchev–Trinajstić information content (AvgIpc) is 1.51. The van der Waals surface area contributed by atoms with Gasteiger partial charge in [-0.3, -0.25) is 0 Å². The molecule has 0 fully saturated rings. The van der Waals surface area contributed by atoms with Crippen molar-refractivity contribution in [1.29, 1.82) is 0 Å². The number of rotatable bonds is 14. The molecule has 560 valence electrons. The molecule has 2 spiro atoms. The van der Waals surface area contributed by atoms with Crippen molar-refractivity contribution < 1.29 is 8.83 Å². The number of hydrogen-bond donors (Lipinski definition) is 0. The van der Waals surface area contributed by atoms with Gasteiger partial charge in [0.05, 0.1) is 33.3 Å². The second-order valence-electron chi connectivity index (χ2n) is 31.2. The Morgan fingerprint density at radius 1 is 0.175 bits per heavy atom. The molecule has 3 aromatic heterocycles. The first-order chi connectivity index (χ1) is 59.5. The third-order valence-corrected chi connectivity index (χ3v) is 24.9. The summed E-state index contributed by atoms with van der Waals surface area (Å²) in [4.78, 5) is 16.5. The van der Waals surface area contributed by atoms with Gasteiger partial charge in [-0.25, -0.2) is 9.97 Å². The van der Waals surface area contributed by atoms with E-state index in [1.807, 2.05) is 97.1 Å². The summed E-state index contributed by atoms with van der Waals surface area (Å²) >= 11 is 0. The summed E-state index contributed by atoms with van der Waals surface area (Å²) in [7, 11) is 0. The summed E-state index contributed by atoms with van der Waals surface area (Å²) in [6, 6.07) is 148. The number of aromatic nitrogens is 6. The summed E-state index contributed by atoms with van der Waals surface area (Å²) in [5.74, 6) is 1.82. The van der Waals surface area contributed by atoms with E-state index in [2.05, 4.69) is 346 Å². The van der Waals surface area contributed by atoms with Crippen LogP contribution in [0.3, 0.4) is 0 Å². The number of hydrogen-bond acceptors (Lipinski definition) is 10. The zero-order valence-corrected chi connectivity index (χ0v) is 64.7. The van der Waals surface area contributed by atoms with Crippen molar-refractivity contribution in [2.45, 2.75) is 10.8 Å². The Balaban J connectivity index is 0.701. The van der Waals surface area contributed by atoms with E-state index in [0.717, 1.165) is 112 Å². The van der Waals surface area contributed by atoms with E-state index in [1.54, 1.807) is 0 Å². The molecular formula is C110H68N8O2. The lowest BCUT2D eigenvalue weighted by atomic mass is 9.70. The molecule has 20 aromatic rings. The molecule has 4 aliphatic rings. The van der Waals surface area contributed by atoms with Crippen LogP contribution < -0.4 is 9.80 Å². The van der Waals surface area contributed by atoms with Crippen LogP contribution in [0.5, 0.6) is 0 Å². The van der Waals surface area contributed by atoms with E-state index in [1.165, 1.54) is 89.0 Å². The van der Waals surface area contributed by atoms with Gasteiger partial charge in [-0.1, -0.05) is 267 Å². The Labute approximate surface area is 692 Å². The Morgan fingerprint density at radius 3 is 0.692 bits per heavy atom. The molecule has 120 heavy (non-hydrogen) atoms. The number of anilines is 6. The summed E-state index contributed by atoms with van der Waals surface area (Å²) in [5.41, 5.74) is 37.2. The van der Waals surface area contributed by atoms with Gasteiger partial charge < -0.3 is 18.6 Å². The van der Waals surface area contributed by atoms with Crippen molar-refractivity contribution in [2.75, 3.05) is 9.80 Å². The third kappa shape index (κ3) is 10.5. The van der Waals surface area contributed by atoms with Gasteiger partial charge >= 0.3 is 0 Å². The lowest BCUT2D eigenvalue weighted by molar-refractivity contribution is 0.584. The molecule has 3 heterocycles. The molecule has 0 unspecified atom stereocenters. The molecule has 10 heteroatoms. The fraction of sp³-hybridized carbons (Fsp3) is 0.0182. The minimum atomic E-state index is -0.584. The van der Waals surface area contributed by atoms with Crippen molar-refractivity contribution in [2.24, 2.45) is 0 Å². The van der Waals surface area contributed by atoms with Gasteiger partial charge in [-0.2, -0.15) is 0 Å². The van der Waals surface area contributed by atoms with E-state index in [-0.39, 0.29) is 0 Å². The Morgan fingerprint density at radius 2 is 0.400 bits per heavy atom. The number of fused-ring (bicyclic) bond motifs is 21. The Kier molecular flexibility index (Phi) is 15.6. The molecule has 0 bridgehead atoms. The van der Waals surface area contributed by atoms with Gasteiger partial charge in [0.1, 0.15) is 0 Å². The highest BCUT2D eigenvalue weighted by Gasteiger charge is 2.53. The molecule has 0 saturated heterocycles. The topological polar surface area (TPSA) is 110 Å². The van der Waals surface area contributed by atoms with Gasteiger partial charge in [0.25, 0.3) is 0 Å². The van der Waals surface area contributed by atoms with Gasteiger partial charge in [0.2, 0.25) is 23.6 Å². The standard InChI is InChI=1S/C110H68N8O2/c1-5-25-71(26-6-1)105-113-115-107(119-105)73-49-59-81(60-50-73)117(77-29-9-3-10-30-77)79-55-45-69(46-56-79)103-104(70-47-57-80(58-48-70)118(78-31-11-4-12-32-78)82-61-51-74(52-62-82)108-116-114-106(120-108)72-27-7-2-8-28-72)112-102-68-92(76-54-64-90-88-38-18-24-44-98(88)110(100(90)66-76)95-41-21-15-35-85(95)86-36-16-22-42-96(86)110)91(67-101(102)111-103)75-53-63-89-87-37-17-23-43-97(87)109(99(89)65-75)93-39-19-13-33-83(93)84-34-14-20-40-94(84)109/h1-68H. The summed E-state index contributed by atoms with van der Waals surface area (Å²) in [6.07, 6.45) is 0. The van der Waals surface area contributed by atoms with Crippen molar-refractivity contribution in [3.05, 3.63) is 457 Å². The van der Waals surface area contributed by atoms with E-state index in [4.69, 9.17) is 18.8 Å². The molecule has 0 saturated carbocycles. The second-order valence-corrected chi connectivity index (χ2v) is 31.2. The zero-order chi connectivity index (χ0) is 79.0. The minimum absolute atomic E-state index is 0.443. The lowest BCUT2D eigenvalue weighted by Crippen LogP contribution is -2.25. The fourth-order valence-electron chi connectivity index (χ4n) is 19.7. The second kappa shape index (κ2) is 27.3. The van der Waals surface area contributed by atoms with Gasteiger partial charge in [-0.05, 0) is 257 Å². The average molecular weight is 1530 g/mol. The van der Waals surface area contributed by atoms with Crippen LogP contribution in [0.2, 0.25) is 0 Å². The molecule has 24 rings (SSSR count). The van der Waals surface area contributed by atoms with E-state index >= 15 is 0 Å². The molecule has 17 aromatic carbocycles. The highest BCUT2D eigenvalue weighted by atomic mass is 16.4.